The van der Waals surface area contributed by atoms with Gasteiger partial charge in [0.2, 0.25) is 5.91 Å². The number of rotatable bonds is 3. The number of benzene rings is 1. The minimum atomic E-state index is -0.497. The highest BCUT2D eigenvalue weighted by atomic mass is 19.1. The molecule has 0 aromatic heterocycles. The summed E-state index contributed by atoms with van der Waals surface area (Å²) in [5.74, 6) is -0.842. The Morgan fingerprint density at radius 1 is 1.35 bits per heavy atom. The van der Waals surface area contributed by atoms with Crippen LogP contribution in [-0.4, -0.2) is 43.5 Å². The summed E-state index contributed by atoms with van der Waals surface area (Å²) in [6.45, 7) is 3.06. The van der Waals surface area contributed by atoms with Crippen LogP contribution in [0.4, 0.5) is 10.1 Å². The summed E-state index contributed by atoms with van der Waals surface area (Å²) in [5.41, 5.74) is 5.90. The summed E-state index contributed by atoms with van der Waals surface area (Å²) in [6.07, 6.45) is 0.842. The Morgan fingerprint density at radius 3 is 2.85 bits per heavy atom. The van der Waals surface area contributed by atoms with Crippen LogP contribution in [0.25, 0.3) is 0 Å². The molecule has 1 heterocycles. The van der Waals surface area contributed by atoms with Crippen molar-refractivity contribution in [2.45, 2.75) is 6.42 Å². The number of hydrogen-bond acceptors (Lipinski definition) is 4. The maximum absolute atomic E-state index is 13.6. The van der Waals surface area contributed by atoms with Crippen LogP contribution in [0, 0.1) is 17.1 Å². The van der Waals surface area contributed by atoms with Crippen LogP contribution in [0.15, 0.2) is 18.2 Å². The lowest BCUT2D eigenvalue weighted by molar-refractivity contribution is -0.119. The van der Waals surface area contributed by atoms with Crippen molar-refractivity contribution in [2.24, 2.45) is 5.73 Å². The van der Waals surface area contributed by atoms with Gasteiger partial charge in [0.05, 0.1) is 12.2 Å². The zero-order valence-corrected chi connectivity index (χ0v) is 11.2. The van der Waals surface area contributed by atoms with Gasteiger partial charge in [-0.1, -0.05) is 6.07 Å². The van der Waals surface area contributed by atoms with E-state index >= 15 is 0 Å². The van der Waals surface area contributed by atoms with Gasteiger partial charge >= 0.3 is 0 Å². The Hall–Kier alpha value is -2.13. The van der Waals surface area contributed by atoms with Crippen molar-refractivity contribution in [1.82, 2.24) is 4.90 Å². The number of nitrogens with two attached hydrogens (primary N) is 1. The Bertz CT molecular complexity index is 540. The average molecular weight is 276 g/mol. The van der Waals surface area contributed by atoms with Crippen LogP contribution in [0.2, 0.25) is 0 Å². The Morgan fingerprint density at radius 2 is 2.15 bits per heavy atom. The first-order valence-corrected chi connectivity index (χ1v) is 6.56. The molecule has 0 saturated carbocycles. The molecule has 0 aliphatic carbocycles. The highest BCUT2D eigenvalue weighted by molar-refractivity contribution is 5.75. The molecule has 1 aromatic rings. The van der Waals surface area contributed by atoms with Crippen molar-refractivity contribution in [1.29, 1.82) is 5.26 Å². The van der Waals surface area contributed by atoms with E-state index in [0.29, 0.717) is 18.8 Å². The topological polar surface area (TPSA) is 73.4 Å². The van der Waals surface area contributed by atoms with Crippen molar-refractivity contribution in [3.63, 3.8) is 0 Å². The lowest BCUT2D eigenvalue weighted by Gasteiger charge is -2.24. The highest BCUT2D eigenvalue weighted by Crippen LogP contribution is 2.23. The SMILES string of the molecule is N#Cc1c(F)cccc1N1CCCN(CC(N)=O)CC1. The third-order valence-corrected chi connectivity index (χ3v) is 3.41. The van der Waals surface area contributed by atoms with Crippen LogP contribution in [-0.2, 0) is 4.79 Å². The smallest absolute Gasteiger partial charge is 0.231 e. The van der Waals surface area contributed by atoms with Crippen molar-refractivity contribution >= 4 is 11.6 Å². The number of halogens is 1. The van der Waals surface area contributed by atoms with Gasteiger partial charge in [0.25, 0.3) is 0 Å². The fraction of sp³-hybridized carbons (Fsp3) is 0.429. The fourth-order valence-corrected chi connectivity index (χ4v) is 2.48. The van der Waals surface area contributed by atoms with E-state index in [1.165, 1.54) is 6.07 Å². The molecule has 5 nitrogen and oxygen atoms in total. The Labute approximate surface area is 117 Å². The third-order valence-electron chi connectivity index (χ3n) is 3.41. The molecule has 20 heavy (non-hydrogen) atoms. The van der Waals surface area contributed by atoms with Gasteiger partial charge in [-0.3, -0.25) is 9.69 Å². The molecule has 0 bridgehead atoms. The third kappa shape index (κ3) is 3.25. The van der Waals surface area contributed by atoms with E-state index in [9.17, 15) is 9.18 Å². The molecule has 1 aromatic carbocycles. The predicted octanol–water partition coefficient (Wildman–Crippen LogP) is 0.695. The van der Waals surface area contributed by atoms with E-state index < -0.39 is 5.82 Å². The highest BCUT2D eigenvalue weighted by Gasteiger charge is 2.19. The number of hydrogen-bond donors (Lipinski definition) is 1. The first kappa shape index (κ1) is 14.3. The zero-order valence-electron chi connectivity index (χ0n) is 11.2. The minimum Gasteiger partial charge on any atom is -0.369 e. The fourth-order valence-electron chi connectivity index (χ4n) is 2.48. The maximum Gasteiger partial charge on any atom is 0.231 e. The van der Waals surface area contributed by atoms with E-state index in [1.54, 1.807) is 12.1 Å². The number of amides is 1. The molecule has 1 amide bonds. The maximum atomic E-state index is 13.6. The van der Waals surface area contributed by atoms with Crippen molar-refractivity contribution in [2.75, 3.05) is 37.6 Å². The molecule has 106 valence electrons. The van der Waals surface area contributed by atoms with Gasteiger partial charge in [-0.2, -0.15) is 5.26 Å². The predicted molar refractivity (Wildman–Crippen MR) is 73.6 cm³/mol. The van der Waals surface area contributed by atoms with Crippen molar-refractivity contribution in [3.8, 4) is 6.07 Å². The first-order valence-electron chi connectivity index (χ1n) is 6.56. The van der Waals surface area contributed by atoms with Gasteiger partial charge < -0.3 is 10.6 Å². The standard InChI is InChI=1S/C14H17FN4O/c15-12-3-1-4-13(11(12)9-16)19-6-2-5-18(7-8-19)10-14(17)20/h1,3-4H,2,5-8,10H2,(H2,17,20). The molecular weight excluding hydrogens is 259 g/mol. The minimum absolute atomic E-state index is 0.0795. The van der Waals surface area contributed by atoms with Crippen LogP contribution in [0.3, 0.4) is 0 Å². The Kier molecular flexibility index (Phi) is 4.53. The number of anilines is 1. The van der Waals surface area contributed by atoms with Crippen molar-refractivity contribution < 1.29 is 9.18 Å². The van der Waals surface area contributed by atoms with Gasteiger partial charge in [0, 0.05) is 26.2 Å². The van der Waals surface area contributed by atoms with Crippen LogP contribution < -0.4 is 10.6 Å². The second-order valence-electron chi connectivity index (χ2n) is 4.83. The molecule has 0 radical (unpaired) electrons. The molecule has 1 aliphatic heterocycles. The lowest BCUT2D eigenvalue weighted by Crippen LogP contribution is -2.36. The van der Waals surface area contributed by atoms with Crippen molar-refractivity contribution in [3.05, 3.63) is 29.6 Å². The molecule has 1 aliphatic rings. The quantitative estimate of drug-likeness (QED) is 0.881. The van der Waals surface area contributed by atoms with Crippen LogP contribution >= 0.6 is 0 Å². The summed E-state index contributed by atoms with van der Waals surface area (Å²) < 4.78 is 13.6. The number of carbonyl (C=O) groups is 1. The van der Waals surface area contributed by atoms with Crippen LogP contribution in [0.1, 0.15) is 12.0 Å². The van der Waals surface area contributed by atoms with E-state index in [0.717, 1.165) is 19.5 Å². The van der Waals surface area contributed by atoms with Gasteiger partial charge in [0.15, 0.2) is 0 Å². The summed E-state index contributed by atoms with van der Waals surface area (Å²) >= 11 is 0. The molecule has 2 rings (SSSR count). The summed E-state index contributed by atoms with van der Waals surface area (Å²) in [5, 5.41) is 9.08. The molecule has 0 atom stereocenters. The molecule has 2 N–H and O–H groups in total. The van der Waals surface area contributed by atoms with Gasteiger partial charge in [-0.25, -0.2) is 4.39 Å². The van der Waals surface area contributed by atoms with E-state index in [1.807, 2.05) is 15.9 Å². The second-order valence-corrected chi connectivity index (χ2v) is 4.83. The number of carbonyl (C=O) groups excluding carboxylic acids is 1. The second kappa shape index (κ2) is 6.35. The summed E-state index contributed by atoms with van der Waals surface area (Å²) in [7, 11) is 0. The monoisotopic (exact) mass is 276 g/mol. The number of nitriles is 1. The molecule has 1 saturated heterocycles. The molecular formula is C14H17FN4O. The van der Waals surface area contributed by atoms with E-state index in [4.69, 9.17) is 11.0 Å². The summed E-state index contributed by atoms with van der Waals surface area (Å²) in [6, 6.07) is 6.58. The summed E-state index contributed by atoms with van der Waals surface area (Å²) in [4.78, 5) is 14.9. The van der Waals surface area contributed by atoms with E-state index in [-0.39, 0.29) is 18.0 Å². The largest absolute Gasteiger partial charge is 0.369 e. The molecule has 6 heteroatoms. The molecule has 0 unspecified atom stereocenters. The average Bonchev–Trinajstić information content (AvgIpc) is 2.63. The van der Waals surface area contributed by atoms with E-state index in [2.05, 4.69) is 0 Å². The van der Waals surface area contributed by atoms with Gasteiger partial charge in [-0.15, -0.1) is 0 Å². The normalized spacial score (nSPS) is 16.5. The van der Waals surface area contributed by atoms with Gasteiger partial charge in [-0.05, 0) is 18.6 Å². The molecule has 0 spiro atoms. The van der Waals surface area contributed by atoms with Crippen LogP contribution in [0.5, 0.6) is 0 Å². The first-order chi connectivity index (χ1) is 9.61. The Balaban J connectivity index is 2.13. The zero-order chi connectivity index (χ0) is 14.5. The number of nitrogens with zero attached hydrogens (tertiary/aromatic N) is 3. The molecule has 1 fully saturated rings. The number of primary amides is 1. The lowest BCUT2D eigenvalue weighted by atomic mass is 10.1. The van der Waals surface area contributed by atoms with Gasteiger partial charge in [0.1, 0.15) is 17.4 Å².